The van der Waals surface area contributed by atoms with Gasteiger partial charge in [0.25, 0.3) is 0 Å². The molecule has 0 spiro atoms. The molecule has 0 radical (unpaired) electrons. The zero-order valence-electron chi connectivity index (χ0n) is 14.4. The molecule has 0 fully saturated rings. The summed E-state index contributed by atoms with van der Waals surface area (Å²) in [6.07, 6.45) is 2.51. The van der Waals surface area contributed by atoms with Gasteiger partial charge in [0.2, 0.25) is 5.95 Å². The van der Waals surface area contributed by atoms with Gasteiger partial charge in [-0.25, -0.2) is 9.97 Å². The second-order valence-electron chi connectivity index (χ2n) is 6.08. The van der Waals surface area contributed by atoms with Crippen molar-refractivity contribution < 1.29 is 4.74 Å². The lowest BCUT2D eigenvalue weighted by Crippen LogP contribution is -2.13. The first-order valence-electron chi connectivity index (χ1n) is 8.37. The van der Waals surface area contributed by atoms with Gasteiger partial charge in [0.05, 0.1) is 25.0 Å². The van der Waals surface area contributed by atoms with Gasteiger partial charge in [-0.3, -0.25) is 4.99 Å². The highest BCUT2D eigenvalue weighted by Crippen LogP contribution is 2.31. The van der Waals surface area contributed by atoms with Crippen LogP contribution in [0.4, 0.5) is 17.3 Å². The van der Waals surface area contributed by atoms with Crippen molar-refractivity contribution >= 4 is 23.0 Å². The van der Waals surface area contributed by atoms with Gasteiger partial charge in [-0.15, -0.1) is 0 Å². The Morgan fingerprint density at radius 3 is 2.92 bits per heavy atom. The number of aliphatic imine (C=N–C) groups is 1. The molecule has 6 nitrogen and oxygen atoms in total. The van der Waals surface area contributed by atoms with Crippen molar-refractivity contribution in [3.05, 3.63) is 60.3 Å². The molecule has 0 atom stereocenters. The van der Waals surface area contributed by atoms with Gasteiger partial charge in [0, 0.05) is 35.6 Å². The lowest BCUT2D eigenvalue weighted by atomic mass is 10.1. The van der Waals surface area contributed by atoms with E-state index in [-0.39, 0.29) is 5.95 Å². The van der Waals surface area contributed by atoms with E-state index in [1.807, 2.05) is 30.3 Å². The monoisotopic (exact) mass is 345 g/mol. The number of ether oxygens (including phenoxy) is 1. The van der Waals surface area contributed by atoms with Crippen molar-refractivity contribution in [3.8, 4) is 17.0 Å². The summed E-state index contributed by atoms with van der Waals surface area (Å²) in [5.41, 5.74) is 11.8. The molecule has 4 rings (SSSR count). The maximum Gasteiger partial charge on any atom is 0.220 e. The number of aromatic nitrogens is 2. The molecule has 1 aromatic heterocycles. The number of methoxy groups -OCH3 is 1. The lowest BCUT2D eigenvalue weighted by molar-refractivity contribution is 0.415. The standard InChI is InChI=1S/C20H19N5O/c1-26-17-4-2-3-15(11-17)23-12-16-9-13-5-6-14(10-19(13)24-16)18-7-8-22-20(21)25-18/h2-8,10-11,23H,9,12H2,1H3,(H2,21,22,25). The topological polar surface area (TPSA) is 85.4 Å². The molecular weight excluding hydrogens is 326 g/mol. The fourth-order valence-corrected chi connectivity index (χ4v) is 2.98. The van der Waals surface area contributed by atoms with E-state index in [1.165, 1.54) is 5.56 Å². The van der Waals surface area contributed by atoms with Gasteiger partial charge in [-0.05, 0) is 29.8 Å². The molecule has 0 amide bonds. The van der Waals surface area contributed by atoms with Crippen LogP contribution in [0.5, 0.6) is 5.75 Å². The van der Waals surface area contributed by atoms with Gasteiger partial charge >= 0.3 is 0 Å². The maximum absolute atomic E-state index is 5.68. The molecule has 0 unspecified atom stereocenters. The van der Waals surface area contributed by atoms with E-state index in [1.54, 1.807) is 13.3 Å². The summed E-state index contributed by atoms with van der Waals surface area (Å²) in [5.74, 6) is 1.11. The molecule has 3 aromatic rings. The van der Waals surface area contributed by atoms with Crippen molar-refractivity contribution in [1.29, 1.82) is 0 Å². The normalized spacial score (nSPS) is 12.4. The number of hydrogen-bond acceptors (Lipinski definition) is 6. The van der Waals surface area contributed by atoms with Crippen LogP contribution in [0.25, 0.3) is 11.3 Å². The number of nitrogens with zero attached hydrogens (tertiary/aromatic N) is 3. The molecule has 1 aliphatic rings. The van der Waals surface area contributed by atoms with Crippen LogP contribution in [-0.4, -0.2) is 29.3 Å². The second-order valence-corrected chi connectivity index (χ2v) is 6.08. The van der Waals surface area contributed by atoms with Crippen molar-refractivity contribution in [2.24, 2.45) is 4.99 Å². The number of anilines is 2. The first-order valence-corrected chi connectivity index (χ1v) is 8.37. The highest BCUT2D eigenvalue weighted by Gasteiger charge is 2.15. The summed E-state index contributed by atoms with van der Waals surface area (Å²) >= 11 is 0. The van der Waals surface area contributed by atoms with Gasteiger partial charge in [-0.2, -0.15) is 0 Å². The number of rotatable bonds is 5. The number of nitrogens with one attached hydrogen (secondary N) is 1. The number of nitrogens with two attached hydrogens (primary N) is 1. The highest BCUT2D eigenvalue weighted by atomic mass is 16.5. The SMILES string of the molecule is COc1cccc(NCC2=Nc3cc(-c4ccnc(N)n4)ccc3C2)c1. The van der Waals surface area contributed by atoms with Crippen LogP contribution >= 0.6 is 0 Å². The molecule has 0 aliphatic carbocycles. The molecule has 2 aromatic carbocycles. The minimum absolute atomic E-state index is 0.273. The van der Waals surface area contributed by atoms with Gasteiger partial charge in [0.15, 0.2) is 0 Å². The maximum atomic E-state index is 5.68. The minimum atomic E-state index is 0.273. The quantitative estimate of drug-likeness (QED) is 0.739. The molecule has 26 heavy (non-hydrogen) atoms. The van der Waals surface area contributed by atoms with Crippen LogP contribution in [0.15, 0.2) is 59.7 Å². The first kappa shape index (κ1) is 16.1. The van der Waals surface area contributed by atoms with E-state index < -0.39 is 0 Å². The molecule has 3 N–H and O–H groups in total. The zero-order chi connectivity index (χ0) is 17.9. The van der Waals surface area contributed by atoms with Crippen molar-refractivity contribution in [2.45, 2.75) is 6.42 Å². The van der Waals surface area contributed by atoms with Crippen LogP contribution in [0, 0.1) is 0 Å². The fraction of sp³-hybridized carbons (Fsp3) is 0.150. The first-order chi connectivity index (χ1) is 12.7. The smallest absolute Gasteiger partial charge is 0.220 e. The Kier molecular flexibility index (Phi) is 4.23. The van der Waals surface area contributed by atoms with E-state index >= 15 is 0 Å². The van der Waals surface area contributed by atoms with Gasteiger partial charge < -0.3 is 15.8 Å². The van der Waals surface area contributed by atoms with E-state index in [2.05, 4.69) is 33.5 Å². The molecule has 1 aliphatic heterocycles. The molecule has 0 saturated carbocycles. The third-order valence-corrected chi connectivity index (χ3v) is 4.29. The highest BCUT2D eigenvalue weighted by molar-refractivity contribution is 5.97. The Hall–Kier alpha value is -3.41. The molecule has 2 heterocycles. The average molecular weight is 345 g/mol. The van der Waals surface area contributed by atoms with Gasteiger partial charge in [-0.1, -0.05) is 18.2 Å². The second kappa shape index (κ2) is 6.84. The van der Waals surface area contributed by atoms with Gasteiger partial charge in [0.1, 0.15) is 5.75 Å². The Morgan fingerprint density at radius 1 is 1.15 bits per heavy atom. The molecule has 0 bridgehead atoms. The van der Waals surface area contributed by atoms with Crippen molar-refractivity contribution in [1.82, 2.24) is 9.97 Å². The summed E-state index contributed by atoms with van der Waals surface area (Å²) in [6.45, 7) is 0.692. The molecular formula is C20H19N5O. The Bertz CT molecular complexity index is 983. The largest absolute Gasteiger partial charge is 0.497 e. The number of nitrogen functional groups attached to an aromatic ring is 1. The third kappa shape index (κ3) is 3.35. The van der Waals surface area contributed by atoms with E-state index in [0.29, 0.717) is 6.54 Å². The van der Waals surface area contributed by atoms with Crippen LogP contribution in [0.2, 0.25) is 0 Å². The van der Waals surface area contributed by atoms with Crippen LogP contribution in [0.1, 0.15) is 5.56 Å². The van der Waals surface area contributed by atoms with E-state index in [0.717, 1.165) is 40.5 Å². The summed E-state index contributed by atoms with van der Waals surface area (Å²) in [6, 6.07) is 15.9. The average Bonchev–Trinajstić information content (AvgIpc) is 3.08. The minimum Gasteiger partial charge on any atom is -0.497 e. The fourth-order valence-electron chi connectivity index (χ4n) is 2.98. The summed E-state index contributed by atoms with van der Waals surface area (Å²) < 4.78 is 5.25. The Balaban J connectivity index is 1.50. The van der Waals surface area contributed by atoms with E-state index in [9.17, 15) is 0 Å². The number of benzene rings is 2. The molecule has 130 valence electrons. The zero-order valence-corrected chi connectivity index (χ0v) is 14.4. The summed E-state index contributed by atoms with van der Waals surface area (Å²) in [4.78, 5) is 13.0. The molecule has 0 saturated heterocycles. The van der Waals surface area contributed by atoms with Crippen molar-refractivity contribution in [3.63, 3.8) is 0 Å². The Labute approximate surface area is 151 Å². The van der Waals surface area contributed by atoms with Crippen molar-refractivity contribution in [2.75, 3.05) is 24.7 Å². The van der Waals surface area contributed by atoms with Crippen LogP contribution < -0.4 is 15.8 Å². The lowest BCUT2D eigenvalue weighted by Gasteiger charge is -2.07. The number of hydrogen-bond donors (Lipinski definition) is 2. The third-order valence-electron chi connectivity index (χ3n) is 4.29. The number of fused-ring (bicyclic) bond motifs is 1. The predicted octanol–water partition coefficient (Wildman–Crippen LogP) is 3.48. The predicted molar refractivity (Wildman–Crippen MR) is 104 cm³/mol. The van der Waals surface area contributed by atoms with Crippen LogP contribution in [-0.2, 0) is 6.42 Å². The Morgan fingerprint density at radius 2 is 2.08 bits per heavy atom. The van der Waals surface area contributed by atoms with E-state index in [4.69, 9.17) is 15.5 Å². The summed E-state index contributed by atoms with van der Waals surface area (Å²) in [7, 11) is 1.67. The van der Waals surface area contributed by atoms with Crippen LogP contribution in [0.3, 0.4) is 0 Å². The summed E-state index contributed by atoms with van der Waals surface area (Å²) in [5, 5.41) is 3.40. The molecule has 6 heteroatoms.